The monoisotopic (exact) mass is 391 g/mol. The lowest BCUT2D eigenvalue weighted by Gasteiger charge is -2.38. The third-order valence-corrected chi connectivity index (χ3v) is 5.89. The zero-order chi connectivity index (χ0) is 19.8. The molecule has 0 radical (unpaired) electrons. The van der Waals surface area contributed by atoms with E-state index < -0.39 is 0 Å². The van der Waals surface area contributed by atoms with Crippen LogP contribution in [0.2, 0.25) is 0 Å². The Balaban J connectivity index is 1.36. The number of rotatable bonds is 3. The number of likely N-dealkylation sites (N-methyl/N-ethyl adjacent to an activating group) is 1. The molecular weight excluding hydrogens is 366 g/mol. The van der Waals surface area contributed by atoms with Crippen LogP contribution in [0.25, 0.3) is 10.9 Å². The molecule has 0 saturated carbocycles. The Kier molecular flexibility index (Phi) is 4.63. The molecule has 2 aliphatic rings. The first-order valence-electron chi connectivity index (χ1n) is 10.0. The summed E-state index contributed by atoms with van der Waals surface area (Å²) in [5.41, 5.74) is 4.57. The third-order valence-electron chi connectivity index (χ3n) is 5.89. The van der Waals surface area contributed by atoms with Crippen LogP contribution in [-0.2, 0) is 13.0 Å². The maximum absolute atomic E-state index is 5.41. The fraction of sp³-hybridized carbons (Fsp3) is 0.429. The molecule has 1 fully saturated rings. The normalized spacial score (nSPS) is 17.4. The predicted molar refractivity (Wildman–Crippen MR) is 113 cm³/mol. The predicted octanol–water partition coefficient (Wildman–Crippen LogP) is 1.74. The van der Waals surface area contributed by atoms with Crippen molar-refractivity contribution in [3.63, 3.8) is 0 Å². The van der Waals surface area contributed by atoms with Crippen molar-refractivity contribution in [2.75, 3.05) is 56.7 Å². The number of hydrogen-bond acceptors (Lipinski definition) is 8. The standard InChI is InChI=1S/C21H25N7O/c1-26-6-5-19-17(12-26)20(24-13-22-19)28-9-7-27(8-10-28)15-3-4-18-16(11-15)21(29-2)25-14-23-18/h3-4,11,13-14H,5-10,12H2,1-2H3. The summed E-state index contributed by atoms with van der Waals surface area (Å²) in [4.78, 5) is 24.9. The number of aromatic nitrogens is 4. The van der Waals surface area contributed by atoms with Crippen molar-refractivity contribution in [1.29, 1.82) is 0 Å². The van der Waals surface area contributed by atoms with Crippen LogP contribution in [0.1, 0.15) is 11.3 Å². The van der Waals surface area contributed by atoms with Crippen molar-refractivity contribution in [3.8, 4) is 5.88 Å². The van der Waals surface area contributed by atoms with Crippen LogP contribution in [0.4, 0.5) is 11.5 Å². The van der Waals surface area contributed by atoms with Gasteiger partial charge in [-0.05, 0) is 25.2 Å². The lowest BCUT2D eigenvalue weighted by Crippen LogP contribution is -2.47. The van der Waals surface area contributed by atoms with Gasteiger partial charge in [-0.2, -0.15) is 0 Å². The Morgan fingerprint density at radius 2 is 1.69 bits per heavy atom. The second kappa shape index (κ2) is 7.44. The first-order valence-corrected chi connectivity index (χ1v) is 10.0. The van der Waals surface area contributed by atoms with Gasteiger partial charge in [0.1, 0.15) is 18.5 Å². The molecule has 8 nitrogen and oxygen atoms in total. The van der Waals surface area contributed by atoms with Gasteiger partial charge in [0.15, 0.2) is 0 Å². The molecule has 29 heavy (non-hydrogen) atoms. The molecule has 0 aliphatic carbocycles. The zero-order valence-electron chi connectivity index (χ0n) is 16.9. The Bertz CT molecular complexity index is 1030. The van der Waals surface area contributed by atoms with Gasteiger partial charge in [-0.15, -0.1) is 0 Å². The quantitative estimate of drug-likeness (QED) is 0.669. The molecule has 1 aromatic carbocycles. The molecule has 2 aliphatic heterocycles. The van der Waals surface area contributed by atoms with Crippen molar-refractivity contribution in [2.24, 2.45) is 0 Å². The highest BCUT2D eigenvalue weighted by atomic mass is 16.5. The number of ether oxygens (including phenoxy) is 1. The summed E-state index contributed by atoms with van der Waals surface area (Å²) in [6, 6.07) is 6.30. The minimum atomic E-state index is 0.618. The van der Waals surface area contributed by atoms with E-state index in [0.717, 1.165) is 62.4 Å². The highest BCUT2D eigenvalue weighted by Crippen LogP contribution is 2.29. The molecule has 1 saturated heterocycles. The van der Waals surface area contributed by atoms with Crippen LogP contribution in [0.15, 0.2) is 30.9 Å². The number of hydrogen-bond donors (Lipinski definition) is 0. The van der Waals surface area contributed by atoms with Crippen LogP contribution in [-0.4, -0.2) is 71.7 Å². The Labute approximate surface area is 170 Å². The molecule has 3 aromatic rings. The first-order chi connectivity index (χ1) is 14.2. The van der Waals surface area contributed by atoms with Crippen molar-refractivity contribution in [1.82, 2.24) is 24.8 Å². The van der Waals surface area contributed by atoms with E-state index in [4.69, 9.17) is 4.74 Å². The average molecular weight is 391 g/mol. The summed E-state index contributed by atoms with van der Waals surface area (Å²) in [7, 11) is 3.81. The summed E-state index contributed by atoms with van der Waals surface area (Å²) in [6.07, 6.45) is 4.27. The van der Waals surface area contributed by atoms with Crippen LogP contribution in [0.3, 0.4) is 0 Å². The van der Waals surface area contributed by atoms with E-state index in [0.29, 0.717) is 5.88 Å². The summed E-state index contributed by atoms with van der Waals surface area (Å²) in [5, 5.41) is 0.947. The van der Waals surface area contributed by atoms with E-state index in [2.05, 4.69) is 53.8 Å². The smallest absolute Gasteiger partial charge is 0.224 e. The molecular formula is C21H25N7O. The molecule has 0 atom stereocenters. The summed E-state index contributed by atoms with van der Waals surface area (Å²) >= 11 is 0. The molecule has 4 heterocycles. The second-order valence-corrected chi connectivity index (χ2v) is 7.67. The Morgan fingerprint density at radius 1 is 0.897 bits per heavy atom. The fourth-order valence-corrected chi connectivity index (χ4v) is 4.29. The largest absolute Gasteiger partial charge is 0.480 e. The van der Waals surface area contributed by atoms with Crippen molar-refractivity contribution < 1.29 is 4.74 Å². The molecule has 0 amide bonds. The zero-order valence-corrected chi connectivity index (χ0v) is 16.9. The van der Waals surface area contributed by atoms with E-state index >= 15 is 0 Å². The molecule has 5 rings (SSSR count). The molecule has 8 heteroatoms. The number of piperazine rings is 1. The van der Waals surface area contributed by atoms with Gasteiger partial charge in [0.2, 0.25) is 5.88 Å². The van der Waals surface area contributed by atoms with E-state index in [9.17, 15) is 0 Å². The molecule has 0 spiro atoms. The molecule has 0 bridgehead atoms. The molecule has 150 valence electrons. The number of nitrogens with zero attached hydrogens (tertiary/aromatic N) is 7. The topological polar surface area (TPSA) is 70.5 Å². The van der Waals surface area contributed by atoms with Crippen molar-refractivity contribution in [3.05, 3.63) is 42.1 Å². The van der Waals surface area contributed by atoms with E-state index in [1.54, 1.807) is 19.8 Å². The van der Waals surface area contributed by atoms with Gasteiger partial charge >= 0.3 is 0 Å². The lowest BCUT2D eigenvalue weighted by atomic mass is 10.1. The van der Waals surface area contributed by atoms with Gasteiger partial charge in [-0.25, -0.2) is 19.9 Å². The highest BCUT2D eigenvalue weighted by Gasteiger charge is 2.25. The van der Waals surface area contributed by atoms with E-state index in [1.807, 2.05) is 6.07 Å². The number of methoxy groups -OCH3 is 1. The SMILES string of the molecule is COc1ncnc2ccc(N3CCN(c4ncnc5c4CN(C)CC5)CC3)cc12. The minimum absolute atomic E-state index is 0.618. The minimum Gasteiger partial charge on any atom is -0.480 e. The van der Waals surface area contributed by atoms with Crippen molar-refractivity contribution in [2.45, 2.75) is 13.0 Å². The van der Waals surface area contributed by atoms with Crippen LogP contribution in [0.5, 0.6) is 5.88 Å². The summed E-state index contributed by atoms with van der Waals surface area (Å²) in [5.74, 6) is 1.72. The van der Waals surface area contributed by atoms with Crippen LogP contribution >= 0.6 is 0 Å². The van der Waals surface area contributed by atoms with Gasteiger partial charge in [-0.1, -0.05) is 0 Å². The number of benzene rings is 1. The average Bonchev–Trinajstić information content (AvgIpc) is 2.78. The molecule has 0 N–H and O–H groups in total. The lowest BCUT2D eigenvalue weighted by molar-refractivity contribution is 0.309. The summed E-state index contributed by atoms with van der Waals surface area (Å²) < 4.78 is 5.41. The first kappa shape index (κ1) is 18.1. The highest BCUT2D eigenvalue weighted by molar-refractivity contribution is 5.86. The molecule has 2 aromatic heterocycles. The fourth-order valence-electron chi connectivity index (χ4n) is 4.29. The Morgan fingerprint density at radius 3 is 2.52 bits per heavy atom. The van der Waals surface area contributed by atoms with E-state index in [1.165, 1.54) is 16.9 Å². The van der Waals surface area contributed by atoms with Gasteiger partial charge in [0.05, 0.1) is 23.7 Å². The second-order valence-electron chi connectivity index (χ2n) is 7.67. The van der Waals surface area contributed by atoms with Crippen molar-refractivity contribution >= 4 is 22.4 Å². The Hall–Kier alpha value is -3.00. The van der Waals surface area contributed by atoms with Gasteiger partial charge < -0.3 is 19.4 Å². The number of anilines is 2. The maximum Gasteiger partial charge on any atom is 0.224 e. The third kappa shape index (κ3) is 3.33. The maximum atomic E-state index is 5.41. The van der Waals surface area contributed by atoms with Gasteiger partial charge in [0, 0.05) is 56.9 Å². The van der Waals surface area contributed by atoms with Crippen LogP contribution < -0.4 is 14.5 Å². The van der Waals surface area contributed by atoms with Gasteiger partial charge in [0.25, 0.3) is 0 Å². The molecule has 0 unspecified atom stereocenters. The van der Waals surface area contributed by atoms with Gasteiger partial charge in [-0.3, -0.25) is 0 Å². The van der Waals surface area contributed by atoms with E-state index in [-0.39, 0.29) is 0 Å². The summed E-state index contributed by atoms with van der Waals surface area (Å²) in [6.45, 7) is 5.75. The number of fused-ring (bicyclic) bond motifs is 2. The van der Waals surface area contributed by atoms with Crippen LogP contribution in [0, 0.1) is 0 Å².